The number of pyridine rings is 1. The molecule has 0 atom stereocenters. The quantitative estimate of drug-likeness (QED) is 0.613. The highest BCUT2D eigenvalue weighted by atomic mass is 32.1. The molecule has 0 spiro atoms. The lowest BCUT2D eigenvalue weighted by atomic mass is 10.2. The second kappa shape index (κ2) is 5.97. The number of nitrogens with zero attached hydrogens (tertiary/aromatic N) is 5. The molecule has 2 heterocycles. The zero-order valence-corrected chi connectivity index (χ0v) is 11.0. The molecule has 104 valence electrons. The summed E-state index contributed by atoms with van der Waals surface area (Å²) < 4.78 is 3.50. The fraction of sp³-hybridized carbons (Fsp3) is 0.222. The summed E-state index contributed by atoms with van der Waals surface area (Å²) in [4.78, 5) is 26.1. The van der Waals surface area contributed by atoms with Crippen LogP contribution in [0.4, 0.5) is 16.6 Å². The van der Waals surface area contributed by atoms with Gasteiger partial charge in [0.2, 0.25) is 5.13 Å². The minimum absolute atomic E-state index is 0.0521. The predicted octanol–water partition coefficient (Wildman–Crippen LogP) is 0.920. The van der Waals surface area contributed by atoms with Crippen molar-refractivity contribution in [3.8, 4) is 0 Å². The standard InChI is InChI=1S/C9H9N7O3S/c1-2-10-7-6(3-5(4-11-7)16(18)19)8(17)12-9-13-14-15-20-9/h3-4H,2H2,1H3,(H,10,11)(H,12,13,15,17). The Labute approximate surface area is 116 Å². The summed E-state index contributed by atoms with van der Waals surface area (Å²) in [6, 6.07) is 1.15. The number of hydrogen-bond donors (Lipinski definition) is 2. The van der Waals surface area contributed by atoms with Gasteiger partial charge in [0.25, 0.3) is 11.6 Å². The van der Waals surface area contributed by atoms with Crippen molar-refractivity contribution in [2.24, 2.45) is 0 Å². The Hall–Kier alpha value is -2.69. The molecule has 0 saturated heterocycles. The first kappa shape index (κ1) is 13.7. The number of aromatic nitrogens is 4. The molecule has 1 amide bonds. The lowest BCUT2D eigenvalue weighted by Crippen LogP contribution is -2.16. The van der Waals surface area contributed by atoms with Gasteiger partial charge in [-0.2, -0.15) is 0 Å². The van der Waals surface area contributed by atoms with Crippen molar-refractivity contribution in [3.05, 3.63) is 27.9 Å². The first-order valence-electron chi connectivity index (χ1n) is 5.46. The molecule has 2 aromatic rings. The average molecular weight is 295 g/mol. The van der Waals surface area contributed by atoms with E-state index in [9.17, 15) is 14.9 Å². The molecular weight excluding hydrogens is 286 g/mol. The molecule has 11 heteroatoms. The smallest absolute Gasteiger partial charge is 0.288 e. The largest absolute Gasteiger partial charge is 0.370 e. The average Bonchev–Trinajstić information content (AvgIpc) is 2.92. The van der Waals surface area contributed by atoms with E-state index in [1.165, 1.54) is 0 Å². The van der Waals surface area contributed by atoms with Gasteiger partial charge in [-0.15, -0.1) is 0 Å². The maximum Gasteiger partial charge on any atom is 0.288 e. The summed E-state index contributed by atoms with van der Waals surface area (Å²) >= 11 is 0.897. The third-order valence-corrected chi connectivity index (χ3v) is 2.70. The Balaban J connectivity index is 2.33. The van der Waals surface area contributed by atoms with Crippen LogP contribution in [-0.2, 0) is 0 Å². The number of nitro groups is 1. The highest BCUT2D eigenvalue weighted by Gasteiger charge is 2.19. The van der Waals surface area contributed by atoms with Gasteiger partial charge in [0.15, 0.2) is 0 Å². The molecule has 2 N–H and O–H groups in total. The van der Waals surface area contributed by atoms with E-state index in [0.717, 1.165) is 23.8 Å². The number of amides is 1. The normalized spacial score (nSPS) is 10.1. The number of nitrogens with one attached hydrogen (secondary N) is 2. The van der Waals surface area contributed by atoms with E-state index in [4.69, 9.17) is 0 Å². The Kier molecular flexibility index (Phi) is 4.10. The van der Waals surface area contributed by atoms with E-state index >= 15 is 0 Å². The highest BCUT2D eigenvalue weighted by molar-refractivity contribution is 7.09. The first-order chi connectivity index (χ1) is 9.61. The van der Waals surface area contributed by atoms with E-state index in [-0.39, 0.29) is 22.2 Å². The maximum atomic E-state index is 12.1. The third-order valence-electron chi connectivity index (χ3n) is 2.19. The van der Waals surface area contributed by atoms with Crippen LogP contribution in [0.15, 0.2) is 12.3 Å². The second-order valence-corrected chi connectivity index (χ2v) is 4.23. The van der Waals surface area contributed by atoms with Crippen LogP contribution in [0.3, 0.4) is 0 Å². The van der Waals surface area contributed by atoms with Crippen LogP contribution >= 0.6 is 11.5 Å². The Morgan fingerprint density at radius 1 is 1.55 bits per heavy atom. The third kappa shape index (κ3) is 3.00. The zero-order chi connectivity index (χ0) is 14.5. The van der Waals surface area contributed by atoms with Gasteiger partial charge >= 0.3 is 0 Å². The van der Waals surface area contributed by atoms with Crippen molar-refractivity contribution in [3.63, 3.8) is 0 Å². The lowest BCUT2D eigenvalue weighted by molar-refractivity contribution is -0.385. The molecule has 0 bridgehead atoms. The summed E-state index contributed by atoms with van der Waals surface area (Å²) in [5, 5.41) is 23.2. The van der Waals surface area contributed by atoms with Crippen molar-refractivity contribution in [2.75, 3.05) is 17.2 Å². The van der Waals surface area contributed by atoms with Crippen LogP contribution < -0.4 is 10.6 Å². The van der Waals surface area contributed by atoms with Crippen LogP contribution in [0.5, 0.6) is 0 Å². The van der Waals surface area contributed by atoms with Crippen LogP contribution in [0.2, 0.25) is 0 Å². The second-order valence-electron chi connectivity index (χ2n) is 3.50. The number of carbonyl (C=O) groups excluding carboxylic acids is 1. The molecule has 2 aromatic heterocycles. The minimum atomic E-state index is -0.619. The van der Waals surface area contributed by atoms with Gasteiger partial charge in [-0.3, -0.25) is 20.2 Å². The van der Waals surface area contributed by atoms with Gasteiger partial charge < -0.3 is 5.32 Å². The Morgan fingerprint density at radius 2 is 2.35 bits per heavy atom. The number of carbonyl (C=O) groups is 1. The molecule has 0 aliphatic rings. The first-order valence-corrected chi connectivity index (χ1v) is 6.24. The van der Waals surface area contributed by atoms with Gasteiger partial charge in [-0.05, 0) is 12.1 Å². The van der Waals surface area contributed by atoms with Crippen LogP contribution in [-0.4, -0.2) is 37.2 Å². The molecule has 0 fully saturated rings. The van der Waals surface area contributed by atoms with E-state index in [1.54, 1.807) is 0 Å². The van der Waals surface area contributed by atoms with Gasteiger partial charge in [-0.25, -0.2) is 4.98 Å². The number of hydrogen-bond acceptors (Lipinski definition) is 9. The van der Waals surface area contributed by atoms with Crippen LogP contribution in [0.1, 0.15) is 17.3 Å². The Morgan fingerprint density at radius 3 is 2.95 bits per heavy atom. The SMILES string of the molecule is CCNc1ncc([N+](=O)[O-])cc1C(=O)Nc1nnns1. The number of rotatable bonds is 5. The maximum absolute atomic E-state index is 12.1. The molecular formula is C9H9N7O3S. The van der Waals surface area contributed by atoms with Crippen LogP contribution in [0.25, 0.3) is 0 Å². The van der Waals surface area contributed by atoms with Gasteiger partial charge in [0, 0.05) is 24.1 Å². The fourth-order valence-electron chi connectivity index (χ4n) is 1.38. The minimum Gasteiger partial charge on any atom is -0.370 e. The summed E-state index contributed by atoms with van der Waals surface area (Å²) in [6.45, 7) is 2.34. The summed E-state index contributed by atoms with van der Waals surface area (Å²) in [7, 11) is 0. The van der Waals surface area contributed by atoms with E-state index in [1.807, 2.05) is 6.92 Å². The zero-order valence-electron chi connectivity index (χ0n) is 10.2. The van der Waals surface area contributed by atoms with Gasteiger partial charge in [0.05, 0.1) is 10.5 Å². The van der Waals surface area contributed by atoms with Crippen molar-refractivity contribution in [1.29, 1.82) is 0 Å². The fourth-order valence-corrected chi connectivity index (χ4v) is 1.74. The molecule has 10 nitrogen and oxygen atoms in total. The summed E-state index contributed by atoms with van der Waals surface area (Å²) in [5.74, 6) is -0.316. The van der Waals surface area contributed by atoms with Gasteiger partial charge in [-0.1, -0.05) is 9.59 Å². The monoisotopic (exact) mass is 295 g/mol. The lowest BCUT2D eigenvalue weighted by Gasteiger charge is -2.08. The topological polar surface area (TPSA) is 136 Å². The van der Waals surface area contributed by atoms with Crippen molar-refractivity contribution < 1.29 is 9.72 Å². The molecule has 0 aliphatic heterocycles. The summed E-state index contributed by atoms with van der Waals surface area (Å²) in [6.07, 6.45) is 1.08. The predicted molar refractivity (Wildman–Crippen MR) is 70.7 cm³/mol. The van der Waals surface area contributed by atoms with Gasteiger partial charge in [0.1, 0.15) is 12.0 Å². The van der Waals surface area contributed by atoms with Crippen molar-refractivity contribution >= 4 is 34.1 Å². The van der Waals surface area contributed by atoms with E-state index < -0.39 is 10.8 Å². The molecule has 0 unspecified atom stereocenters. The van der Waals surface area contributed by atoms with Crippen molar-refractivity contribution in [2.45, 2.75) is 6.92 Å². The molecule has 2 rings (SSSR count). The highest BCUT2D eigenvalue weighted by Crippen LogP contribution is 2.20. The summed E-state index contributed by atoms with van der Waals surface area (Å²) in [5.41, 5.74) is -0.219. The molecule has 0 aliphatic carbocycles. The van der Waals surface area contributed by atoms with Crippen LogP contribution in [0, 0.1) is 10.1 Å². The van der Waals surface area contributed by atoms with E-state index in [0.29, 0.717) is 6.54 Å². The number of anilines is 2. The van der Waals surface area contributed by atoms with E-state index in [2.05, 4.69) is 30.4 Å². The molecule has 0 radical (unpaired) electrons. The molecule has 20 heavy (non-hydrogen) atoms. The van der Waals surface area contributed by atoms with Crippen molar-refractivity contribution in [1.82, 2.24) is 19.8 Å². The molecule has 0 saturated carbocycles. The molecule has 0 aromatic carbocycles. The Bertz CT molecular complexity index is 630.